The molecule has 1 N–H and O–H groups in total. The maximum absolute atomic E-state index is 9.29. The van der Waals surface area contributed by atoms with E-state index in [0.717, 1.165) is 42.3 Å². The zero-order chi connectivity index (χ0) is 19.1. The van der Waals surface area contributed by atoms with Gasteiger partial charge in [0, 0.05) is 17.1 Å². The molecule has 2 heteroatoms. The van der Waals surface area contributed by atoms with E-state index in [1.54, 1.807) is 0 Å². The highest BCUT2D eigenvalue weighted by atomic mass is 16.3. The lowest BCUT2D eigenvalue weighted by molar-refractivity contribution is 0.182. The number of aliphatic hydroxyl groups excluding tert-OH is 1. The maximum Gasteiger partial charge on any atom is 0.0708 e. The second-order valence-electron chi connectivity index (χ2n) is 7.05. The second-order valence-corrected chi connectivity index (χ2v) is 7.05. The van der Waals surface area contributed by atoms with Crippen molar-refractivity contribution >= 4 is 16.8 Å². The van der Waals surface area contributed by atoms with Gasteiger partial charge < -0.3 is 5.11 Å². The maximum atomic E-state index is 9.29. The second kappa shape index (κ2) is 9.29. The van der Waals surface area contributed by atoms with Crippen LogP contribution in [0.1, 0.15) is 37.3 Å². The Balaban J connectivity index is 1.73. The monoisotopic (exact) mass is 357 g/mol. The number of rotatable bonds is 8. The van der Waals surface area contributed by atoms with Gasteiger partial charge in [0.1, 0.15) is 0 Å². The lowest BCUT2D eigenvalue weighted by Gasteiger charge is -2.05. The molecule has 1 unspecified atom stereocenters. The number of pyridine rings is 1. The number of hydrogen-bond acceptors (Lipinski definition) is 2. The summed E-state index contributed by atoms with van der Waals surface area (Å²) in [6, 6.07) is 17.1. The first kappa shape index (κ1) is 19.1. The Morgan fingerprint density at radius 3 is 2.63 bits per heavy atom. The van der Waals surface area contributed by atoms with Crippen molar-refractivity contribution in [3.05, 3.63) is 84.6 Å². The van der Waals surface area contributed by atoms with Crippen LogP contribution in [0.4, 0.5) is 0 Å². The van der Waals surface area contributed by atoms with Crippen LogP contribution >= 0.6 is 0 Å². The summed E-state index contributed by atoms with van der Waals surface area (Å²) in [5.74, 6) is 0. The Morgan fingerprint density at radius 2 is 1.89 bits per heavy atom. The molecule has 138 valence electrons. The van der Waals surface area contributed by atoms with Crippen molar-refractivity contribution in [3.63, 3.8) is 0 Å². The molecular weight excluding hydrogens is 330 g/mol. The van der Waals surface area contributed by atoms with E-state index in [1.807, 2.05) is 19.2 Å². The van der Waals surface area contributed by atoms with E-state index < -0.39 is 0 Å². The number of nitrogens with zero attached hydrogens (tertiary/aromatic N) is 1. The molecule has 27 heavy (non-hydrogen) atoms. The van der Waals surface area contributed by atoms with E-state index in [4.69, 9.17) is 0 Å². The highest BCUT2D eigenvalue weighted by molar-refractivity contribution is 5.87. The number of aliphatic hydroxyl groups is 1. The summed E-state index contributed by atoms with van der Waals surface area (Å²) in [4.78, 5) is 4.65. The molecule has 1 heterocycles. The highest BCUT2D eigenvalue weighted by Crippen LogP contribution is 2.24. The van der Waals surface area contributed by atoms with Crippen molar-refractivity contribution in [1.82, 2.24) is 4.98 Å². The lowest BCUT2D eigenvalue weighted by Crippen LogP contribution is -1.97. The fraction of sp³-hybridized carbons (Fsp3) is 0.240. The summed E-state index contributed by atoms with van der Waals surface area (Å²) in [7, 11) is 0. The van der Waals surface area contributed by atoms with Gasteiger partial charge in [-0.1, -0.05) is 54.6 Å². The SMILES string of the molecule is C=CCc1ccc(-c2cc3ccc(C=CCCCC(C)O)cc3cn2)cc1. The van der Waals surface area contributed by atoms with E-state index in [-0.39, 0.29) is 6.10 Å². The molecule has 0 spiro atoms. The molecule has 3 rings (SSSR count). The summed E-state index contributed by atoms with van der Waals surface area (Å²) >= 11 is 0. The number of benzene rings is 2. The zero-order valence-electron chi connectivity index (χ0n) is 15.9. The van der Waals surface area contributed by atoms with Crippen LogP contribution in [0, 0.1) is 0 Å². The van der Waals surface area contributed by atoms with Gasteiger partial charge in [-0.2, -0.15) is 0 Å². The molecule has 0 aliphatic carbocycles. The van der Waals surface area contributed by atoms with E-state index in [1.165, 1.54) is 16.5 Å². The molecule has 3 aromatic rings. The van der Waals surface area contributed by atoms with Crippen LogP contribution in [0.15, 0.2) is 73.5 Å². The summed E-state index contributed by atoms with van der Waals surface area (Å²) in [6.45, 7) is 5.62. The van der Waals surface area contributed by atoms with E-state index in [9.17, 15) is 5.11 Å². The minimum atomic E-state index is -0.211. The number of hydrogen-bond donors (Lipinski definition) is 1. The molecule has 0 bridgehead atoms. The molecule has 0 saturated carbocycles. The topological polar surface area (TPSA) is 33.1 Å². The number of unbranched alkanes of at least 4 members (excludes halogenated alkanes) is 1. The van der Waals surface area contributed by atoms with E-state index in [0.29, 0.717) is 0 Å². The number of fused-ring (bicyclic) bond motifs is 1. The van der Waals surface area contributed by atoms with Crippen molar-refractivity contribution in [2.45, 2.75) is 38.7 Å². The van der Waals surface area contributed by atoms with Crippen LogP contribution in [0.25, 0.3) is 28.1 Å². The van der Waals surface area contributed by atoms with Gasteiger partial charge in [-0.25, -0.2) is 0 Å². The average Bonchev–Trinajstić information content (AvgIpc) is 2.68. The third-order valence-corrected chi connectivity index (χ3v) is 4.68. The third kappa shape index (κ3) is 5.38. The van der Waals surface area contributed by atoms with Crippen molar-refractivity contribution in [2.75, 3.05) is 0 Å². The van der Waals surface area contributed by atoms with Gasteiger partial charge in [-0.3, -0.25) is 4.98 Å². The molecule has 0 amide bonds. The standard InChI is InChI=1S/C25H27NO/c1-3-7-20-10-13-22(14-11-20)25-17-23-15-12-21(16-24(23)18-26-25)9-6-4-5-8-19(2)27/h3,6,9-19,27H,1,4-5,7-8H2,2H3. The molecular formula is C25H27NO. The summed E-state index contributed by atoms with van der Waals surface area (Å²) < 4.78 is 0. The van der Waals surface area contributed by atoms with Gasteiger partial charge in [-0.05, 0) is 61.3 Å². The fourth-order valence-corrected chi connectivity index (χ4v) is 3.15. The molecule has 0 aliphatic heterocycles. The van der Waals surface area contributed by atoms with Crippen LogP contribution < -0.4 is 0 Å². The Bertz CT molecular complexity index is 923. The average molecular weight is 357 g/mol. The Hall–Kier alpha value is -2.71. The first-order valence-electron chi connectivity index (χ1n) is 9.60. The molecule has 2 aromatic carbocycles. The largest absolute Gasteiger partial charge is 0.393 e. The van der Waals surface area contributed by atoms with Crippen LogP contribution in [0.2, 0.25) is 0 Å². The van der Waals surface area contributed by atoms with Gasteiger partial charge in [0.15, 0.2) is 0 Å². The van der Waals surface area contributed by atoms with E-state index >= 15 is 0 Å². The number of allylic oxidation sites excluding steroid dienone is 2. The molecule has 0 saturated heterocycles. The minimum Gasteiger partial charge on any atom is -0.393 e. The van der Waals surface area contributed by atoms with Crippen molar-refractivity contribution in [2.24, 2.45) is 0 Å². The van der Waals surface area contributed by atoms with Crippen LogP contribution in [0.5, 0.6) is 0 Å². The molecule has 1 aromatic heterocycles. The van der Waals surface area contributed by atoms with Gasteiger partial charge in [0.05, 0.1) is 11.8 Å². The highest BCUT2D eigenvalue weighted by Gasteiger charge is 2.02. The molecule has 0 fully saturated rings. The van der Waals surface area contributed by atoms with Crippen LogP contribution in [-0.4, -0.2) is 16.2 Å². The fourth-order valence-electron chi connectivity index (χ4n) is 3.15. The van der Waals surface area contributed by atoms with Crippen LogP contribution in [0.3, 0.4) is 0 Å². The minimum absolute atomic E-state index is 0.211. The first-order valence-corrected chi connectivity index (χ1v) is 9.60. The smallest absolute Gasteiger partial charge is 0.0708 e. The molecule has 0 aliphatic rings. The first-order chi connectivity index (χ1) is 13.2. The molecule has 2 nitrogen and oxygen atoms in total. The predicted octanol–water partition coefficient (Wildman–Crippen LogP) is 6.19. The normalized spacial score (nSPS) is 12.5. The Labute approximate surface area is 161 Å². The Morgan fingerprint density at radius 1 is 1.07 bits per heavy atom. The van der Waals surface area contributed by atoms with Gasteiger partial charge in [0.2, 0.25) is 0 Å². The van der Waals surface area contributed by atoms with Gasteiger partial charge >= 0.3 is 0 Å². The van der Waals surface area contributed by atoms with E-state index in [2.05, 4.69) is 72.2 Å². The van der Waals surface area contributed by atoms with Crippen molar-refractivity contribution in [3.8, 4) is 11.3 Å². The summed E-state index contributed by atoms with van der Waals surface area (Å²) in [6.07, 6.45) is 11.7. The molecule has 1 atom stereocenters. The lowest BCUT2D eigenvalue weighted by atomic mass is 10.0. The zero-order valence-corrected chi connectivity index (χ0v) is 15.9. The third-order valence-electron chi connectivity index (χ3n) is 4.68. The Kier molecular flexibility index (Phi) is 6.56. The van der Waals surface area contributed by atoms with Crippen LogP contribution in [-0.2, 0) is 6.42 Å². The number of aromatic nitrogens is 1. The summed E-state index contributed by atoms with van der Waals surface area (Å²) in [5.41, 5.74) is 4.57. The van der Waals surface area contributed by atoms with Gasteiger partial charge in [0.25, 0.3) is 0 Å². The quantitative estimate of drug-likeness (QED) is 0.385. The van der Waals surface area contributed by atoms with Gasteiger partial charge in [-0.15, -0.1) is 6.58 Å². The molecule has 0 radical (unpaired) electrons. The summed E-state index contributed by atoms with van der Waals surface area (Å²) in [5, 5.41) is 11.6. The van der Waals surface area contributed by atoms with Crippen molar-refractivity contribution < 1.29 is 5.11 Å². The van der Waals surface area contributed by atoms with Crippen molar-refractivity contribution in [1.29, 1.82) is 0 Å². The predicted molar refractivity (Wildman–Crippen MR) is 116 cm³/mol.